The monoisotopic (exact) mass is 528 g/mol. The van der Waals surface area contributed by atoms with E-state index in [-0.39, 0.29) is 36.8 Å². The van der Waals surface area contributed by atoms with Crippen molar-refractivity contribution in [2.75, 3.05) is 0 Å². The Morgan fingerprint density at radius 1 is 1.13 bits per heavy atom. The summed E-state index contributed by atoms with van der Waals surface area (Å²) in [5.74, 6) is -1.02. The number of nitrogens with zero attached hydrogens (tertiary/aromatic N) is 1. The Labute approximate surface area is 226 Å². The second-order valence-corrected chi connectivity index (χ2v) is 11.9. The van der Waals surface area contributed by atoms with Gasteiger partial charge in [-0.05, 0) is 64.9 Å². The van der Waals surface area contributed by atoms with E-state index in [1.54, 1.807) is 25.7 Å². The number of amides is 4. The molecule has 9 nitrogen and oxygen atoms in total. The molecular formula is C29H44N4O5. The van der Waals surface area contributed by atoms with E-state index in [0.29, 0.717) is 0 Å². The van der Waals surface area contributed by atoms with Gasteiger partial charge in [-0.25, -0.2) is 4.79 Å². The number of hydrogen-bond donors (Lipinski definition) is 3. The van der Waals surface area contributed by atoms with Crippen LogP contribution < -0.4 is 16.4 Å². The first-order chi connectivity index (χ1) is 17.9. The van der Waals surface area contributed by atoms with Gasteiger partial charge in [0.1, 0.15) is 17.7 Å². The van der Waals surface area contributed by atoms with E-state index in [2.05, 4.69) is 10.6 Å². The SMILES string of the molecule is Cc1cccc(C(C(=O)NC2CCCCC2)N(C(=O)C(CCC(N)=O)NC(=O)OC(C)(C)C)C2CC2C)c1. The van der Waals surface area contributed by atoms with Gasteiger partial charge in [0.05, 0.1) is 0 Å². The zero-order valence-electron chi connectivity index (χ0n) is 23.4. The lowest BCUT2D eigenvalue weighted by Gasteiger charge is -2.36. The minimum absolute atomic E-state index is 0.00971. The Balaban J connectivity index is 1.96. The molecule has 0 spiro atoms. The molecule has 4 atom stereocenters. The van der Waals surface area contributed by atoms with Crippen LogP contribution in [0.4, 0.5) is 4.79 Å². The molecule has 4 amide bonds. The van der Waals surface area contributed by atoms with Crippen LogP contribution >= 0.6 is 0 Å². The highest BCUT2D eigenvalue weighted by atomic mass is 16.6. The molecule has 4 unspecified atom stereocenters. The van der Waals surface area contributed by atoms with Crippen molar-refractivity contribution in [3.63, 3.8) is 0 Å². The molecule has 2 aliphatic rings. The van der Waals surface area contributed by atoms with Crippen molar-refractivity contribution < 1.29 is 23.9 Å². The molecule has 9 heteroatoms. The molecule has 1 aromatic rings. The molecule has 0 bridgehead atoms. The van der Waals surface area contributed by atoms with E-state index >= 15 is 0 Å². The topological polar surface area (TPSA) is 131 Å². The molecule has 0 radical (unpaired) electrons. The van der Waals surface area contributed by atoms with Crippen molar-refractivity contribution in [3.8, 4) is 0 Å². The minimum atomic E-state index is -1.07. The van der Waals surface area contributed by atoms with Crippen LogP contribution in [-0.2, 0) is 19.1 Å². The van der Waals surface area contributed by atoms with Gasteiger partial charge in [0.25, 0.3) is 0 Å². The van der Waals surface area contributed by atoms with Crippen molar-refractivity contribution in [1.82, 2.24) is 15.5 Å². The number of carbonyl (C=O) groups is 4. The van der Waals surface area contributed by atoms with Gasteiger partial charge in [-0.15, -0.1) is 0 Å². The minimum Gasteiger partial charge on any atom is -0.444 e. The van der Waals surface area contributed by atoms with E-state index in [1.165, 1.54) is 0 Å². The van der Waals surface area contributed by atoms with Gasteiger partial charge in [0.2, 0.25) is 17.7 Å². The predicted octanol–water partition coefficient (Wildman–Crippen LogP) is 3.88. The van der Waals surface area contributed by atoms with Crippen molar-refractivity contribution in [2.45, 2.75) is 116 Å². The molecular weight excluding hydrogens is 484 g/mol. The molecule has 0 aromatic heterocycles. The molecule has 210 valence electrons. The predicted molar refractivity (Wildman–Crippen MR) is 145 cm³/mol. The number of alkyl carbamates (subject to hydrolysis) is 1. The Hall–Kier alpha value is -3.10. The number of nitrogens with two attached hydrogens (primary N) is 1. The van der Waals surface area contributed by atoms with Crippen LogP contribution in [0.25, 0.3) is 0 Å². The number of nitrogens with one attached hydrogen (secondary N) is 2. The van der Waals surface area contributed by atoms with Crippen LogP contribution in [0.15, 0.2) is 24.3 Å². The summed E-state index contributed by atoms with van der Waals surface area (Å²) >= 11 is 0. The Morgan fingerprint density at radius 2 is 1.79 bits per heavy atom. The summed E-state index contributed by atoms with van der Waals surface area (Å²) in [5, 5.41) is 5.86. The van der Waals surface area contributed by atoms with E-state index in [1.807, 2.05) is 38.1 Å². The molecule has 0 aliphatic heterocycles. The van der Waals surface area contributed by atoms with Gasteiger partial charge in [0, 0.05) is 18.5 Å². The summed E-state index contributed by atoms with van der Waals surface area (Å²) < 4.78 is 5.39. The number of primary amides is 1. The highest BCUT2D eigenvalue weighted by Crippen LogP contribution is 2.41. The van der Waals surface area contributed by atoms with Gasteiger partial charge in [0.15, 0.2) is 0 Å². The van der Waals surface area contributed by atoms with Gasteiger partial charge < -0.3 is 26.0 Å². The fourth-order valence-corrected chi connectivity index (χ4v) is 5.15. The van der Waals surface area contributed by atoms with Crippen molar-refractivity contribution >= 4 is 23.8 Å². The molecule has 1 aromatic carbocycles. The fraction of sp³-hybridized carbons (Fsp3) is 0.655. The van der Waals surface area contributed by atoms with Crippen LogP contribution in [0.1, 0.15) is 96.2 Å². The molecule has 0 saturated heterocycles. The Morgan fingerprint density at radius 3 is 2.34 bits per heavy atom. The number of benzene rings is 1. The van der Waals surface area contributed by atoms with Gasteiger partial charge in [-0.2, -0.15) is 0 Å². The smallest absolute Gasteiger partial charge is 0.408 e. The zero-order valence-corrected chi connectivity index (χ0v) is 23.4. The second-order valence-electron chi connectivity index (χ2n) is 11.9. The Bertz CT molecular complexity index is 1010. The lowest BCUT2D eigenvalue weighted by atomic mass is 9.94. The number of rotatable bonds is 10. The van der Waals surface area contributed by atoms with Crippen molar-refractivity contribution in [1.29, 1.82) is 0 Å². The summed E-state index contributed by atoms with van der Waals surface area (Å²) in [7, 11) is 0. The second kappa shape index (κ2) is 12.6. The largest absolute Gasteiger partial charge is 0.444 e. The maximum Gasteiger partial charge on any atom is 0.408 e. The summed E-state index contributed by atoms with van der Waals surface area (Å²) in [6.07, 6.45) is 5.04. The van der Waals surface area contributed by atoms with Crippen LogP contribution in [0.3, 0.4) is 0 Å². The van der Waals surface area contributed by atoms with Crippen molar-refractivity contribution in [2.24, 2.45) is 11.7 Å². The summed E-state index contributed by atoms with van der Waals surface area (Å²) in [6, 6.07) is 5.60. The number of carbonyl (C=O) groups excluding carboxylic acids is 4. The molecule has 4 N–H and O–H groups in total. The maximum atomic E-state index is 14.2. The average Bonchev–Trinajstić information content (AvgIpc) is 3.54. The first-order valence-electron chi connectivity index (χ1n) is 13.8. The third-order valence-corrected chi connectivity index (χ3v) is 7.18. The number of ether oxygens (including phenoxy) is 1. The lowest BCUT2D eigenvalue weighted by molar-refractivity contribution is -0.144. The van der Waals surface area contributed by atoms with E-state index in [0.717, 1.165) is 49.7 Å². The van der Waals surface area contributed by atoms with Gasteiger partial charge >= 0.3 is 6.09 Å². The number of hydrogen-bond acceptors (Lipinski definition) is 5. The highest BCUT2D eigenvalue weighted by molar-refractivity contribution is 5.93. The van der Waals surface area contributed by atoms with E-state index < -0.39 is 35.6 Å². The average molecular weight is 529 g/mol. The molecule has 0 heterocycles. The summed E-state index contributed by atoms with van der Waals surface area (Å²) in [4.78, 5) is 54.0. The summed E-state index contributed by atoms with van der Waals surface area (Å²) in [6.45, 7) is 9.18. The van der Waals surface area contributed by atoms with Crippen LogP contribution in [0.2, 0.25) is 0 Å². The first kappa shape index (κ1) is 29.5. The van der Waals surface area contributed by atoms with E-state index in [4.69, 9.17) is 10.5 Å². The molecule has 3 rings (SSSR count). The van der Waals surface area contributed by atoms with Crippen LogP contribution in [-0.4, -0.2) is 52.4 Å². The highest BCUT2D eigenvalue weighted by Gasteiger charge is 2.48. The number of aryl methyl sites for hydroxylation is 1. The van der Waals surface area contributed by atoms with Crippen LogP contribution in [0.5, 0.6) is 0 Å². The standard InChI is InChI=1S/C29H44N4O5/c1-18-10-9-11-20(16-18)25(26(35)31-21-12-7-6-8-13-21)33(23-17-19(23)2)27(36)22(14-15-24(30)34)32-28(37)38-29(3,4)5/h9-11,16,19,21-23,25H,6-8,12-15,17H2,1-5H3,(H2,30,34)(H,31,35)(H,32,37). The zero-order chi connectivity index (χ0) is 28.0. The maximum absolute atomic E-state index is 14.2. The van der Waals surface area contributed by atoms with Gasteiger partial charge in [-0.1, -0.05) is 56.0 Å². The molecule has 2 aliphatic carbocycles. The molecule has 2 fully saturated rings. The van der Waals surface area contributed by atoms with Crippen LogP contribution in [0, 0.1) is 12.8 Å². The lowest BCUT2D eigenvalue weighted by Crippen LogP contribution is -2.55. The first-order valence-corrected chi connectivity index (χ1v) is 13.8. The van der Waals surface area contributed by atoms with E-state index in [9.17, 15) is 19.2 Å². The molecule has 38 heavy (non-hydrogen) atoms. The summed E-state index contributed by atoms with van der Waals surface area (Å²) in [5.41, 5.74) is 6.32. The fourth-order valence-electron chi connectivity index (χ4n) is 5.15. The molecule has 2 saturated carbocycles. The third-order valence-electron chi connectivity index (χ3n) is 7.18. The normalized spacial score (nSPS) is 21.1. The van der Waals surface area contributed by atoms with Crippen molar-refractivity contribution in [3.05, 3.63) is 35.4 Å². The van der Waals surface area contributed by atoms with Gasteiger partial charge in [-0.3, -0.25) is 14.4 Å². The third kappa shape index (κ3) is 8.46. The Kier molecular flexibility index (Phi) is 9.79. The quantitative estimate of drug-likeness (QED) is 0.424.